The van der Waals surface area contributed by atoms with Crippen LogP contribution in [-0.4, -0.2) is 97.1 Å². The molecular formula is C24H29ClF3N5O4S. The SMILES string of the molecule is CN(C)S(=O)(=O)c1cnc(NC2CN(C3CCN(C(=O)[C@@](O)(c4ccccc4)C(F)(F)F)CC3)C2)cc1Cl. The maximum atomic E-state index is 13.9. The highest BCUT2D eigenvalue weighted by Gasteiger charge is 2.62. The first-order chi connectivity index (χ1) is 17.7. The molecule has 0 radical (unpaired) electrons. The summed E-state index contributed by atoms with van der Waals surface area (Å²) >= 11 is 6.17. The minimum atomic E-state index is -5.16. The van der Waals surface area contributed by atoms with E-state index in [9.17, 15) is 31.5 Å². The van der Waals surface area contributed by atoms with Crippen LogP contribution in [0.2, 0.25) is 5.02 Å². The number of hydrogen-bond acceptors (Lipinski definition) is 7. The molecule has 2 aromatic rings. The third-order valence-electron chi connectivity index (χ3n) is 7.02. The smallest absolute Gasteiger partial charge is 0.369 e. The minimum absolute atomic E-state index is 0.0305. The van der Waals surface area contributed by atoms with Crippen LogP contribution in [0.15, 0.2) is 47.5 Å². The number of pyridine rings is 1. The Morgan fingerprint density at radius 3 is 2.29 bits per heavy atom. The summed E-state index contributed by atoms with van der Waals surface area (Å²) in [6.07, 6.45) is -3.00. The number of hydrogen-bond donors (Lipinski definition) is 2. The summed E-state index contributed by atoms with van der Waals surface area (Å²) in [4.78, 5) is 20.2. The molecule has 0 spiro atoms. The second kappa shape index (κ2) is 10.6. The number of piperidine rings is 1. The summed E-state index contributed by atoms with van der Waals surface area (Å²) in [5.74, 6) is -0.925. The molecule has 1 aromatic carbocycles. The molecule has 38 heavy (non-hydrogen) atoms. The molecule has 208 valence electrons. The second-order valence-corrected chi connectivity index (χ2v) is 12.2. The van der Waals surface area contributed by atoms with Crippen LogP contribution in [0, 0.1) is 0 Å². The summed E-state index contributed by atoms with van der Waals surface area (Å²) in [6.45, 7) is 1.49. The molecule has 2 fully saturated rings. The van der Waals surface area contributed by atoms with Crippen LogP contribution in [0.1, 0.15) is 18.4 Å². The topological polar surface area (TPSA) is 106 Å². The predicted octanol–water partition coefficient (Wildman–Crippen LogP) is 2.52. The molecule has 0 saturated carbocycles. The molecule has 1 amide bonds. The molecule has 2 N–H and O–H groups in total. The van der Waals surface area contributed by atoms with Crippen LogP contribution in [0.25, 0.3) is 0 Å². The third-order valence-corrected chi connectivity index (χ3v) is 9.29. The molecule has 0 aliphatic carbocycles. The van der Waals surface area contributed by atoms with Gasteiger partial charge in [0.25, 0.3) is 11.5 Å². The van der Waals surface area contributed by atoms with Crippen molar-refractivity contribution >= 4 is 33.3 Å². The van der Waals surface area contributed by atoms with Gasteiger partial charge in [-0.25, -0.2) is 17.7 Å². The van der Waals surface area contributed by atoms with Crippen LogP contribution >= 0.6 is 11.6 Å². The molecule has 2 saturated heterocycles. The first-order valence-corrected chi connectivity index (χ1v) is 13.8. The highest BCUT2D eigenvalue weighted by Crippen LogP contribution is 2.41. The molecule has 1 aromatic heterocycles. The van der Waals surface area contributed by atoms with Gasteiger partial charge in [-0.2, -0.15) is 13.2 Å². The number of aromatic nitrogens is 1. The number of carbonyl (C=O) groups is 1. The Bertz CT molecular complexity index is 1270. The molecule has 9 nitrogen and oxygen atoms in total. The zero-order chi connectivity index (χ0) is 27.9. The van der Waals surface area contributed by atoms with Crippen molar-refractivity contribution in [3.8, 4) is 0 Å². The molecule has 2 aliphatic rings. The van der Waals surface area contributed by atoms with Gasteiger partial charge in [0.15, 0.2) is 0 Å². The van der Waals surface area contributed by atoms with Crippen molar-refractivity contribution in [3.63, 3.8) is 0 Å². The number of benzene rings is 1. The summed E-state index contributed by atoms with van der Waals surface area (Å²) < 4.78 is 67.2. The number of aliphatic hydroxyl groups is 1. The molecule has 4 rings (SSSR count). The van der Waals surface area contributed by atoms with Crippen molar-refractivity contribution < 1.29 is 31.5 Å². The van der Waals surface area contributed by atoms with Crippen molar-refractivity contribution in [3.05, 3.63) is 53.2 Å². The summed E-state index contributed by atoms with van der Waals surface area (Å²) in [6, 6.07) is 7.98. The van der Waals surface area contributed by atoms with E-state index in [1.807, 2.05) is 0 Å². The van der Waals surface area contributed by atoms with Crippen LogP contribution in [0.5, 0.6) is 0 Å². The fraction of sp³-hybridized carbons (Fsp3) is 0.500. The molecule has 14 heteroatoms. The Morgan fingerprint density at radius 1 is 1.16 bits per heavy atom. The van der Waals surface area contributed by atoms with E-state index in [2.05, 4.69) is 15.2 Å². The maximum Gasteiger partial charge on any atom is 0.430 e. The van der Waals surface area contributed by atoms with Crippen molar-refractivity contribution in [2.45, 2.75) is 41.6 Å². The van der Waals surface area contributed by atoms with Gasteiger partial charge in [-0.3, -0.25) is 9.69 Å². The van der Waals surface area contributed by atoms with E-state index >= 15 is 0 Å². The van der Waals surface area contributed by atoms with Crippen LogP contribution in [0.4, 0.5) is 19.0 Å². The van der Waals surface area contributed by atoms with E-state index in [4.69, 9.17) is 11.6 Å². The van der Waals surface area contributed by atoms with Gasteiger partial charge in [-0.05, 0) is 12.8 Å². The summed E-state index contributed by atoms with van der Waals surface area (Å²) in [5, 5.41) is 13.8. The van der Waals surface area contributed by atoms with Crippen molar-refractivity contribution in [1.29, 1.82) is 0 Å². The maximum absolute atomic E-state index is 13.9. The number of likely N-dealkylation sites (tertiary alicyclic amines) is 2. The Morgan fingerprint density at radius 2 is 1.76 bits per heavy atom. The molecule has 1 atom stereocenters. The standard InChI is InChI=1S/C24H29ClF3N5O4S/c1-31(2)38(36,37)20-13-29-21(12-19(20)25)30-17-14-33(15-17)18-8-10-32(11-9-18)22(34)23(35,24(26,27)28)16-6-4-3-5-7-16/h3-7,12-13,17-18,35H,8-11,14-15H2,1-2H3,(H,29,30)/t23-/m0/s1. The number of nitrogens with zero attached hydrogens (tertiary/aromatic N) is 4. The Hall–Kier alpha value is -2.45. The Labute approximate surface area is 224 Å². The normalized spacial score (nSPS) is 19.7. The zero-order valence-electron chi connectivity index (χ0n) is 20.8. The van der Waals surface area contributed by atoms with Gasteiger partial charge < -0.3 is 15.3 Å². The fourth-order valence-electron chi connectivity index (χ4n) is 4.75. The third kappa shape index (κ3) is 5.34. The number of sulfonamides is 1. The quantitative estimate of drug-likeness (QED) is 0.523. The lowest BCUT2D eigenvalue weighted by Gasteiger charge is -2.48. The van der Waals surface area contributed by atoms with Gasteiger partial charge in [0.1, 0.15) is 10.7 Å². The van der Waals surface area contributed by atoms with E-state index in [1.165, 1.54) is 44.6 Å². The molecule has 0 unspecified atom stereocenters. The number of halogens is 4. The van der Waals surface area contributed by atoms with E-state index in [0.29, 0.717) is 31.7 Å². The summed E-state index contributed by atoms with van der Waals surface area (Å²) in [5.41, 5.74) is -4.10. The fourth-order valence-corrected chi connectivity index (χ4v) is 6.07. The zero-order valence-corrected chi connectivity index (χ0v) is 22.4. The van der Waals surface area contributed by atoms with Gasteiger partial charge in [-0.1, -0.05) is 41.9 Å². The van der Waals surface area contributed by atoms with Crippen LogP contribution < -0.4 is 5.32 Å². The number of rotatable bonds is 7. The van der Waals surface area contributed by atoms with E-state index in [0.717, 1.165) is 21.3 Å². The Balaban J connectivity index is 1.31. The minimum Gasteiger partial charge on any atom is -0.369 e. The van der Waals surface area contributed by atoms with E-state index < -0.39 is 33.3 Å². The molecule has 2 aliphatic heterocycles. The van der Waals surface area contributed by atoms with Gasteiger partial charge in [0.05, 0.1) is 17.3 Å². The monoisotopic (exact) mass is 575 g/mol. The number of carbonyl (C=O) groups excluding carboxylic acids is 1. The van der Waals surface area contributed by atoms with Gasteiger partial charge in [0, 0.05) is 57.9 Å². The lowest BCUT2D eigenvalue weighted by molar-refractivity contribution is -0.262. The highest BCUT2D eigenvalue weighted by molar-refractivity contribution is 7.89. The first kappa shape index (κ1) is 28.6. The molecule has 3 heterocycles. The number of anilines is 1. The van der Waals surface area contributed by atoms with Crippen molar-refractivity contribution in [1.82, 2.24) is 19.1 Å². The first-order valence-electron chi connectivity index (χ1n) is 12.0. The highest BCUT2D eigenvalue weighted by atomic mass is 35.5. The van der Waals surface area contributed by atoms with E-state index in [-0.39, 0.29) is 35.1 Å². The average Bonchev–Trinajstić information content (AvgIpc) is 2.84. The molecule has 0 bridgehead atoms. The largest absolute Gasteiger partial charge is 0.430 e. The van der Waals surface area contributed by atoms with Gasteiger partial charge >= 0.3 is 6.18 Å². The van der Waals surface area contributed by atoms with Gasteiger partial charge in [0.2, 0.25) is 10.0 Å². The van der Waals surface area contributed by atoms with Crippen LogP contribution in [0.3, 0.4) is 0 Å². The average molecular weight is 576 g/mol. The summed E-state index contributed by atoms with van der Waals surface area (Å²) in [7, 11) is -0.907. The number of nitrogens with one attached hydrogen (secondary N) is 1. The lowest BCUT2D eigenvalue weighted by Crippen LogP contribution is -2.62. The predicted molar refractivity (Wildman–Crippen MR) is 135 cm³/mol. The Kier molecular flexibility index (Phi) is 7.97. The van der Waals surface area contributed by atoms with Crippen molar-refractivity contribution in [2.75, 3.05) is 45.6 Å². The van der Waals surface area contributed by atoms with E-state index in [1.54, 1.807) is 0 Å². The van der Waals surface area contributed by atoms with Crippen molar-refractivity contribution in [2.24, 2.45) is 0 Å². The van der Waals surface area contributed by atoms with Crippen LogP contribution in [-0.2, 0) is 20.4 Å². The second-order valence-electron chi connectivity index (χ2n) is 9.68. The number of amides is 1. The number of alkyl halides is 3. The lowest BCUT2D eigenvalue weighted by atomic mass is 9.89. The molecular weight excluding hydrogens is 547 g/mol. The van der Waals surface area contributed by atoms with Gasteiger partial charge in [-0.15, -0.1) is 0 Å².